The van der Waals surface area contributed by atoms with Crippen molar-refractivity contribution >= 4 is 15.9 Å². The number of carbonyl (C=O) groups is 1. The van der Waals surface area contributed by atoms with Gasteiger partial charge >= 0.3 is 0 Å². The first-order valence-corrected chi connectivity index (χ1v) is 6.93. The highest BCUT2D eigenvalue weighted by atomic mass is 32.2. The smallest absolute Gasteiger partial charge is 0.248 e. The maximum atomic E-state index is 12.2. The molecule has 2 rings (SSSR count). The van der Waals surface area contributed by atoms with Gasteiger partial charge in [-0.1, -0.05) is 0 Å². The molecule has 1 fully saturated rings. The van der Waals surface area contributed by atoms with Crippen molar-refractivity contribution in [1.29, 1.82) is 0 Å². The molecule has 6 nitrogen and oxygen atoms in total. The fraction of sp³-hybridized carbons (Fsp3) is 0.364. The Balaban J connectivity index is 2.27. The van der Waals surface area contributed by atoms with Crippen LogP contribution in [0.15, 0.2) is 29.2 Å². The molecule has 98 valence electrons. The molecule has 0 aromatic heterocycles. The van der Waals surface area contributed by atoms with E-state index in [1.54, 1.807) is 0 Å². The fourth-order valence-electron chi connectivity index (χ4n) is 1.87. The van der Waals surface area contributed by atoms with Crippen LogP contribution in [0.25, 0.3) is 0 Å². The predicted molar refractivity (Wildman–Crippen MR) is 64.3 cm³/mol. The molecule has 3 N–H and O–H groups in total. The molecule has 1 atom stereocenters. The largest absolute Gasteiger partial charge is 0.392 e. The van der Waals surface area contributed by atoms with Gasteiger partial charge in [0.1, 0.15) is 0 Å². The second kappa shape index (κ2) is 4.68. The third-order valence-electron chi connectivity index (χ3n) is 2.90. The second-order valence-corrected chi connectivity index (χ2v) is 6.13. The summed E-state index contributed by atoms with van der Waals surface area (Å²) in [6.07, 6.45) is -0.164. The molecule has 0 bridgehead atoms. The summed E-state index contributed by atoms with van der Waals surface area (Å²) in [6, 6.07) is 5.45. The van der Waals surface area contributed by atoms with Gasteiger partial charge in [-0.25, -0.2) is 8.42 Å². The summed E-state index contributed by atoms with van der Waals surface area (Å²) < 4.78 is 25.6. The second-order valence-electron chi connectivity index (χ2n) is 4.19. The van der Waals surface area contributed by atoms with Gasteiger partial charge in [0.05, 0.1) is 11.0 Å². The SMILES string of the molecule is NC(=O)c1ccc(S(=O)(=O)N2CC[C@@H](O)C2)cc1. The summed E-state index contributed by atoms with van der Waals surface area (Å²) >= 11 is 0. The van der Waals surface area contributed by atoms with Gasteiger partial charge in [-0.3, -0.25) is 4.79 Å². The van der Waals surface area contributed by atoms with Gasteiger partial charge in [-0.05, 0) is 30.7 Å². The number of sulfonamides is 1. The van der Waals surface area contributed by atoms with Crippen LogP contribution < -0.4 is 5.73 Å². The van der Waals surface area contributed by atoms with Crippen molar-refractivity contribution in [2.75, 3.05) is 13.1 Å². The van der Waals surface area contributed by atoms with E-state index >= 15 is 0 Å². The summed E-state index contributed by atoms with van der Waals surface area (Å²) in [6.45, 7) is 0.418. The molecule has 7 heteroatoms. The summed E-state index contributed by atoms with van der Waals surface area (Å²) in [5.41, 5.74) is 5.34. The summed E-state index contributed by atoms with van der Waals surface area (Å²) in [5.74, 6) is -0.601. The van der Waals surface area contributed by atoms with E-state index in [9.17, 15) is 18.3 Å². The van der Waals surface area contributed by atoms with Crippen LogP contribution in [0.2, 0.25) is 0 Å². The number of aliphatic hydroxyl groups is 1. The van der Waals surface area contributed by atoms with Crippen LogP contribution in [0.1, 0.15) is 16.8 Å². The summed E-state index contributed by atoms with van der Waals surface area (Å²) in [4.78, 5) is 11.0. The molecule has 0 unspecified atom stereocenters. The van der Waals surface area contributed by atoms with Crippen molar-refractivity contribution < 1.29 is 18.3 Å². The lowest BCUT2D eigenvalue weighted by atomic mass is 10.2. The Morgan fingerprint density at radius 2 is 1.94 bits per heavy atom. The number of nitrogens with zero attached hydrogens (tertiary/aromatic N) is 1. The quantitative estimate of drug-likeness (QED) is 0.776. The lowest BCUT2D eigenvalue weighted by molar-refractivity contribution is 0.1000. The molecule has 0 aliphatic carbocycles. The van der Waals surface area contributed by atoms with Crippen molar-refractivity contribution in [2.45, 2.75) is 17.4 Å². The molecule has 1 aliphatic rings. The van der Waals surface area contributed by atoms with Crippen LogP contribution in [-0.4, -0.2) is 42.9 Å². The number of hydrogen-bond donors (Lipinski definition) is 2. The molecule has 1 heterocycles. The average Bonchev–Trinajstić information content (AvgIpc) is 2.76. The lowest BCUT2D eigenvalue weighted by Crippen LogP contribution is -2.29. The minimum atomic E-state index is -3.59. The number of amides is 1. The highest BCUT2D eigenvalue weighted by molar-refractivity contribution is 7.89. The molecule has 1 amide bonds. The Morgan fingerprint density at radius 1 is 1.33 bits per heavy atom. The minimum absolute atomic E-state index is 0.0987. The number of carbonyl (C=O) groups excluding carboxylic acids is 1. The number of benzene rings is 1. The van der Waals surface area contributed by atoms with Crippen LogP contribution in [0.4, 0.5) is 0 Å². The van der Waals surface area contributed by atoms with E-state index in [4.69, 9.17) is 5.73 Å². The highest BCUT2D eigenvalue weighted by Gasteiger charge is 2.31. The summed E-state index contributed by atoms with van der Waals surface area (Å²) in [7, 11) is -3.59. The topological polar surface area (TPSA) is 101 Å². The van der Waals surface area contributed by atoms with Crippen LogP contribution >= 0.6 is 0 Å². The maximum Gasteiger partial charge on any atom is 0.248 e. The number of nitrogens with two attached hydrogens (primary N) is 1. The molecule has 1 aromatic carbocycles. The Bertz CT molecular complexity index is 553. The standard InChI is InChI=1S/C11H14N2O4S/c12-11(15)8-1-3-10(4-2-8)18(16,17)13-6-5-9(14)7-13/h1-4,9,14H,5-7H2,(H2,12,15)/t9-/m1/s1. The molecule has 0 spiro atoms. The molecule has 18 heavy (non-hydrogen) atoms. The number of aliphatic hydroxyl groups excluding tert-OH is 1. The predicted octanol–water partition coefficient (Wildman–Crippen LogP) is -0.459. The van der Waals surface area contributed by atoms with E-state index in [-0.39, 0.29) is 17.0 Å². The van der Waals surface area contributed by atoms with E-state index in [2.05, 4.69) is 0 Å². The lowest BCUT2D eigenvalue weighted by Gasteiger charge is -2.15. The monoisotopic (exact) mass is 270 g/mol. The van der Waals surface area contributed by atoms with Gasteiger partial charge in [0.2, 0.25) is 15.9 Å². The molecule has 1 saturated heterocycles. The Morgan fingerprint density at radius 3 is 2.39 bits per heavy atom. The van der Waals surface area contributed by atoms with E-state index < -0.39 is 22.0 Å². The minimum Gasteiger partial charge on any atom is -0.392 e. The first-order chi connectivity index (χ1) is 8.41. The zero-order chi connectivity index (χ0) is 13.3. The first-order valence-electron chi connectivity index (χ1n) is 5.49. The molecule has 0 radical (unpaired) electrons. The third kappa shape index (κ3) is 2.38. The maximum absolute atomic E-state index is 12.2. The number of hydrogen-bond acceptors (Lipinski definition) is 4. The van der Waals surface area contributed by atoms with Gasteiger partial charge < -0.3 is 10.8 Å². The van der Waals surface area contributed by atoms with Crippen LogP contribution in [0, 0.1) is 0 Å². The molecule has 1 aliphatic heterocycles. The Kier molecular flexibility index (Phi) is 3.38. The van der Waals surface area contributed by atoms with Crippen molar-refractivity contribution in [1.82, 2.24) is 4.31 Å². The van der Waals surface area contributed by atoms with Crippen molar-refractivity contribution in [3.05, 3.63) is 29.8 Å². The van der Waals surface area contributed by atoms with Gasteiger partial charge in [0.15, 0.2) is 0 Å². The zero-order valence-corrected chi connectivity index (χ0v) is 10.4. The van der Waals surface area contributed by atoms with Gasteiger partial charge in [0.25, 0.3) is 0 Å². The molecule has 1 aromatic rings. The number of β-amino-alcohol motifs (C(OH)–C–C–N with tert-alkyl or cyclic N) is 1. The number of primary amides is 1. The zero-order valence-electron chi connectivity index (χ0n) is 9.61. The van der Waals surface area contributed by atoms with Gasteiger partial charge in [-0.2, -0.15) is 4.31 Å². The average molecular weight is 270 g/mol. The number of rotatable bonds is 3. The van der Waals surface area contributed by atoms with Gasteiger partial charge in [0, 0.05) is 18.7 Å². The van der Waals surface area contributed by atoms with Crippen molar-refractivity contribution in [3.63, 3.8) is 0 Å². The van der Waals surface area contributed by atoms with Crippen LogP contribution in [-0.2, 0) is 10.0 Å². The van der Waals surface area contributed by atoms with E-state index in [0.717, 1.165) is 0 Å². The third-order valence-corrected chi connectivity index (χ3v) is 4.78. The van der Waals surface area contributed by atoms with Gasteiger partial charge in [-0.15, -0.1) is 0 Å². The normalized spacial score (nSPS) is 21.1. The first kappa shape index (κ1) is 13.0. The molecule has 0 saturated carbocycles. The van der Waals surface area contributed by atoms with Crippen molar-refractivity contribution in [3.8, 4) is 0 Å². The van der Waals surface area contributed by atoms with Crippen LogP contribution in [0.5, 0.6) is 0 Å². The molecular formula is C11H14N2O4S. The molecular weight excluding hydrogens is 256 g/mol. The van der Waals surface area contributed by atoms with Crippen LogP contribution in [0.3, 0.4) is 0 Å². The van der Waals surface area contributed by atoms with E-state index in [1.165, 1.54) is 28.6 Å². The van der Waals surface area contributed by atoms with E-state index in [1.807, 2.05) is 0 Å². The Labute approximate surface area is 105 Å². The van der Waals surface area contributed by atoms with E-state index in [0.29, 0.717) is 13.0 Å². The summed E-state index contributed by atoms with van der Waals surface area (Å²) in [5, 5.41) is 9.36. The fourth-order valence-corrected chi connectivity index (χ4v) is 3.36. The van der Waals surface area contributed by atoms with Crippen molar-refractivity contribution in [2.24, 2.45) is 5.73 Å². The Hall–Kier alpha value is -1.44. The highest BCUT2D eigenvalue weighted by Crippen LogP contribution is 2.21.